The van der Waals surface area contributed by atoms with Crippen molar-refractivity contribution in [3.05, 3.63) is 126 Å². The molecule has 8 rings (SSSR count). The van der Waals surface area contributed by atoms with Crippen LogP contribution in [0.2, 0.25) is 0 Å². The third kappa shape index (κ3) is 2.45. The van der Waals surface area contributed by atoms with Crippen LogP contribution in [0.3, 0.4) is 0 Å². The van der Waals surface area contributed by atoms with E-state index in [9.17, 15) is 0 Å². The molecule has 0 fully saturated rings. The molecular formula is C35H25N. The monoisotopic (exact) mass is 459 g/mol. The van der Waals surface area contributed by atoms with Gasteiger partial charge in [0.15, 0.2) is 0 Å². The highest BCUT2D eigenvalue weighted by molar-refractivity contribution is 6.17. The van der Waals surface area contributed by atoms with Gasteiger partial charge in [-0.15, -0.1) is 0 Å². The van der Waals surface area contributed by atoms with Crippen molar-refractivity contribution in [2.45, 2.75) is 19.3 Å². The Morgan fingerprint density at radius 3 is 2.03 bits per heavy atom. The Balaban J connectivity index is 1.61. The smallest absolute Gasteiger partial charge is 0.0622 e. The molecule has 170 valence electrons. The van der Waals surface area contributed by atoms with Crippen molar-refractivity contribution < 1.29 is 0 Å². The van der Waals surface area contributed by atoms with Gasteiger partial charge >= 0.3 is 0 Å². The number of rotatable bonds is 1. The Hall–Kier alpha value is -4.36. The molecule has 0 atom stereocenters. The van der Waals surface area contributed by atoms with Gasteiger partial charge in [-0.2, -0.15) is 0 Å². The summed E-state index contributed by atoms with van der Waals surface area (Å²) >= 11 is 0. The maximum Gasteiger partial charge on any atom is 0.0622 e. The fourth-order valence-corrected chi connectivity index (χ4v) is 6.61. The Kier molecular flexibility index (Phi) is 3.79. The maximum atomic E-state index is 2.52. The Bertz CT molecular complexity index is 2010. The molecule has 0 N–H and O–H groups in total. The van der Waals surface area contributed by atoms with Crippen molar-refractivity contribution in [2.24, 2.45) is 0 Å². The topological polar surface area (TPSA) is 4.93 Å². The largest absolute Gasteiger partial charge is 0.308 e. The van der Waals surface area contributed by atoms with Crippen molar-refractivity contribution in [3.63, 3.8) is 0 Å². The minimum absolute atomic E-state index is 0.0665. The van der Waals surface area contributed by atoms with Crippen LogP contribution in [-0.4, -0.2) is 4.57 Å². The second-order valence-corrected chi connectivity index (χ2v) is 10.6. The zero-order valence-electron chi connectivity index (χ0n) is 20.4. The third-order valence-corrected chi connectivity index (χ3v) is 8.35. The molecule has 0 bridgehead atoms. The molecule has 0 spiro atoms. The first kappa shape index (κ1) is 19.9. The summed E-state index contributed by atoms with van der Waals surface area (Å²) in [7, 11) is 0. The van der Waals surface area contributed by atoms with E-state index in [2.05, 4.69) is 134 Å². The second kappa shape index (κ2) is 6.86. The highest BCUT2D eigenvalue weighted by Gasteiger charge is 2.38. The van der Waals surface area contributed by atoms with E-state index in [0.717, 1.165) is 0 Å². The Morgan fingerprint density at radius 2 is 1.19 bits per heavy atom. The zero-order valence-corrected chi connectivity index (χ0v) is 20.4. The van der Waals surface area contributed by atoms with Crippen LogP contribution in [0.1, 0.15) is 25.0 Å². The van der Waals surface area contributed by atoms with Crippen LogP contribution in [0.5, 0.6) is 0 Å². The molecular weight excluding hydrogens is 434 g/mol. The molecule has 0 saturated carbocycles. The molecule has 6 aromatic carbocycles. The molecule has 0 aliphatic heterocycles. The van der Waals surface area contributed by atoms with E-state index in [-0.39, 0.29) is 5.41 Å². The molecule has 1 heterocycles. The first-order chi connectivity index (χ1) is 17.6. The number of para-hydroxylation sites is 1. The second-order valence-electron chi connectivity index (χ2n) is 10.6. The summed E-state index contributed by atoms with van der Waals surface area (Å²) in [5, 5.41) is 7.76. The van der Waals surface area contributed by atoms with Gasteiger partial charge in [0.25, 0.3) is 0 Å². The fraction of sp³-hybridized carbons (Fsp3) is 0.0857. The lowest BCUT2D eigenvalue weighted by Crippen LogP contribution is -2.14. The normalized spacial score (nSPS) is 14.1. The average Bonchev–Trinajstić information content (AvgIpc) is 3.36. The molecule has 1 heteroatoms. The average molecular weight is 460 g/mol. The van der Waals surface area contributed by atoms with Crippen molar-refractivity contribution in [1.29, 1.82) is 0 Å². The predicted octanol–water partition coefficient (Wildman–Crippen LogP) is 9.40. The van der Waals surface area contributed by atoms with Gasteiger partial charge in [0.2, 0.25) is 0 Å². The summed E-state index contributed by atoms with van der Waals surface area (Å²) in [5.74, 6) is 0. The van der Waals surface area contributed by atoms with Crippen molar-refractivity contribution in [2.75, 3.05) is 0 Å². The molecule has 0 unspecified atom stereocenters. The van der Waals surface area contributed by atoms with Gasteiger partial charge in [-0.3, -0.25) is 0 Å². The van der Waals surface area contributed by atoms with E-state index >= 15 is 0 Å². The van der Waals surface area contributed by atoms with Gasteiger partial charge in [0, 0.05) is 27.1 Å². The molecule has 0 amide bonds. The summed E-state index contributed by atoms with van der Waals surface area (Å²) in [6, 6.07) is 42.6. The number of benzene rings is 6. The molecule has 36 heavy (non-hydrogen) atoms. The molecule has 7 aromatic rings. The quantitative estimate of drug-likeness (QED) is 0.230. The summed E-state index contributed by atoms with van der Waals surface area (Å²) < 4.78 is 2.52. The summed E-state index contributed by atoms with van der Waals surface area (Å²) in [5.41, 5.74) is 9.30. The number of hydrogen-bond acceptors (Lipinski definition) is 0. The number of hydrogen-bond donors (Lipinski definition) is 0. The van der Waals surface area contributed by atoms with Gasteiger partial charge in [-0.25, -0.2) is 0 Å². The molecule has 0 saturated heterocycles. The molecule has 1 aliphatic carbocycles. The standard InChI is InChI=1S/C35H25N/c1-35(2)29-19-18-27-26-15-7-8-16-32(26)36(31-17-9-13-22-10-5-6-14-25(22)31)34(27)33(29)28-20-23-11-3-4-12-24(23)21-30(28)35/h3-21H,1-2H3. The number of aromatic nitrogens is 1. The van der Waals surface area contributed by atoms with Crippen LogP contribution >= 0.6 is 0 Å². The van der Waals surface area contributed by atoms with Crippen molar-refractivity contribution >= 4 is 43.4 Å². The molecule has 1 aromatic heterocycles. The van der Waals surface area contributed by atoms with Gasteiger partial charge in [0.1, 0.15) is 0 Å². The minimum Gasteiger partial charge on any atom is -0.308 e. The Labute approximate surface area is 210 Å². The lowest BCUT2D eigenvalue weighted by atomic mass is 9.82. The predicted molar refractivity (Wildman–Crippen MR) is 153 cm³/mol. The zero-order chi connectivity index (χ0) is 24.0. The van der Waals surface area contributed by atoms with E-state index in [0.29, 0.717) is 0 Å². The van der Waals surface area contributed by atoms with E-state index < -0.39 is 0 Å². The minimum atomic E-state index is -0.0665. The lowest BCUT2D eigenvalue weighted by Gasteiger charge is -2.22. The van der Waals surface area contributed by atoms with E-state index in [1.54, 1.807) is 0 Å². The highest BCUT2D eigenvalue weighted by atomic mass is 15.0. The maximum absolute atomic E-state index is 2.52. The van der Waals surface area contributed by atoms with Gasteiger partial charge in [-0.05, 0) is 57.1 Å². The van der Waals surface area contributed by atoms with Crippen LogP contribution in [0.25, 0.3) is 60.2 Å². The van der Waals surface area contributed by atoms with Crippen LogP contribution in [0, 0.1) is 0 Å². The summed E-state index contributed by atoms with van der Waals surface area (Å²) in [6.07, 6.45) is 0. The third-order valence-electron chi connectivity index (χ3n) is 8.35. The van der Waals surface area contributed by atoms with Crippen LogP contribution in [0.15, 0.2) is 115 Å². The van der Waals surface area contributed by atoms with Crippen LogP contribution in [-0.2, 0) is 5.41 Å². The van der Waals surface area contributed by atoms with Gasteiger partial charge < -0.3 is 4.57 Å². The lowest BCUT2D eigenvalue weighted by molar-refractivity contribution is 0.661. The fourth-order valence-electron chi connectivity index (χ4n) is 6.61. The van der Waals surface area contributed by atoms with Crippen molar-refractivity contribution in [1.82, 2.24) is 4.57 Å². The summed E-state index contributed by atoms with van der Waals surface area (Å²) in [6.45, 7) is 4.76. The number of fused-ring (bicyclic) bond motifs is 9. The van der Waals surface area contributed by atoms with E-state index in [1.165, 1.54) is 71.3 Å². The number of nitrogens with zero attached hydrogens (tertiary/aromatic N) is 1. The molecule has 1 nitrogen and oxygen atoms in total. The SMILES string of the molecule is CC1(C)c2cc3ccccc3cc2-c2c1ccc1c3ccccc3n(-c3cccc4ccccc34)c21. The van der Waals surface area contributed by atoms with Crippen LogP contribution < -0.4 is 0 Å². The highest BCUT2D eigenvalue weighted by Crippen LogP contribution is 2.54. The molecule has 1 aliphatic rings. The first-order valence-electron chi connectivity index (χ1n) is 12.7. The van der Waals surface area contributed by atoms with Crippen molar-refractivity contribution in [3.8, 4) is 16.8 Å². The van der Waals surface area contributed by atoms with Gasteiger partial charge in [-0.1, -0.05) is 105 Å². The Morgan fingerprint density at radius 1 is 0.528 bits per heavy atom. The van der Waals surface area contributed by atoms with E-state index in [1.807, 2.05) is 0 Å². The van der Waals surface area contributed by atoms with Gasteiger partial charge in [0.05, 0.1) is 16.7 Å². The first-order valence-corrected chi connectivity index (χ1v) is 12.7. The molecule has 0 radical (unpaired) electrons. The van der Waals surface area contributed by atoms with E-state index in [4.69, 9.17) is 0 Å². The summed E-state index contributed by atoms with van der Waals surface area (Å²) in [4.78, 5) is 0. The van der Waals surface area contributed by atoms with Crippen LogP contribution in [0.4, 0.5) is 0 Å².